The van der Waals surface area contributed by atoms with Crippen molar-refractivity contribution in [1.29, 1.82) is 0 Å². The summed E-state index contributed by atoms with van der Waals surface area (Å²) in [7, 11) is 1.75. The summed E-state index contributed by atoms with van der Waals surface area (Å²) in [6, 6.07) is 6.55. The molecule has 0 spiro atoms. The highest BCUT2D eigenvalue weighted by molar-refractivity contribution is 6.33. The van der Waals surface area contributed by atoms with Crippen LogP contribution in [0.3, 0.4) is 0 Å². The van der Waals surface area contributed by atoms with E-state index in [1.165, 1.54) is 0 Å². The Morgan fingerprint density at radius 1 is 1.47 bits per heavy atom. The van der Waals surface area contributed by atoms with Gasteiger partial charge in [-0.1, -0.05) is 11.6 Å². The molecule has 0 saturated carbocycles. The first-order valence-corrected chi connectivity index (χ1v) is 5.30. The van der Waals surface area contributed by atoms with Crippen molar-refractivity contribution in [2.24, 2.45) is 7.05 Å². The molecule has 3 N–H and O–H groups in total. The number of nitrogen functional groups attached to an aromatic ring is 1. The van der Waals surface area contributed by atoms with Crippen molar-refractivity contribution in [3.05, 3.63) is 41.2 Å². The molecule has 17 heavy (non-hydrogen) atoms. The molecule has 1 amide bonds. The number of nitrogens with one attached hydrogen (secondary N) is 1. The van der Waals surface area contributed by atoms with E-state index in [4.69, 9.17) is 17.3 Å². The van der Waals surface area contributed by atoms with E-state index >= 15 is 0 Å². The normalized spacial score (nSPS) is 10.2. The first kappa shape index (κ1) is 11.5. The predicted octanol–water partition coefficient (Wildman–Crippen LogP) is 1.91. The predicted molar refractivity (Wildman–Crippen MR) is 67.0 cm³/mol. The summed E-state index contributed by atoms with van der Waals surface area (Å²) in [6.45, 7) is 0. The van der Waals surface area contributed by atoms with E-state index in [0.29, 0.717) is 22.1 Å². The molecular weight excluding hydrogens is 240 g/mol. The maximum atomic E-state index is 11.8. The van der Waals surface area contributed by atoms with E-state index in [2.05, 4.69) is 10.4 Å². The van der Waals surface area contributed by atoms with E-state index in [-0.39, 0.29) is 5.91 Å². The molecule has 0 atom stereocenters. The first-order valence-electron chi connectivity index (χ1n) is 4.92. The van der Waals surface area contributed by atoms with E-state index < -0.39 is 0 Å². The number of hydrogen-bond acceptors (Lipinski definition) is 3. The third kappa shape index (κ3) is 2.57. The zero-order chi connectivity index (χ0) is 12.4. The number of halogens is 1. The van der Waals surface area contributed by atoms with Gasteiger partial charge >= 0.3 is 0 Å². The Morgan fingerprint density at radius 2 is 2.24 bits per heavy atom. The van der Waals surface area contributed by atoms with E-state index in [1.54, 1.807) is 42.2 Å². The molecule has 5 nitrogen and oxygen atoms in total. The fraction of sp³-hybridized carbons (Fsp3) is 0.0909. The van der Waals surface area contributed by atoms with Crippen molar-refractivity contribution in [2.75, 3.05) is 11.1 Å². The number of anilines is 2. The van der Waals surface area contributed by atoms with Crippen molar-refractivity contribution in [3.8, 4) is 0 Å². The molecule has 0 saturated heterocycles. The van der Waals surface area contributed by atoms with Gasteiger partial charge in [-0.05, 0) is 24.3 Å². The Balaban J connectivity index is 2.15. The van der Waals surface area contributed by atoms with Gasteiger partial charge in [-0.2, -0.15) is 5.10 Å². The second kappa shape index (κ2) is 4.47. The molecule has 1 aromatic heterocycles. The summed E-state index contributed by atoms with van der Waals surface area (Å²) in [5.41, 5.74) is 6.98. The van der Waals surface area contributed by atoms with E-state index in [9.17, 15) is 4.79 Å². The number of hydrogen-bond donors (Lipinski definition) is 2. The van der Waals surface area contributed by atoms with Gasteiger partial charge in [-0.15, -0.1) is 0 Å². The van der Waals surface area contributed by atoms with Crippen LogP contribution >= 0.6 is 11.6 Å². The zero-order valence-electron chi connectivity index (χ0n) is 9.14. The highest BCUT2D eigenvalue weighted by Crippen LogP contribution is 2.22. The van der Waals surface area contributed by atoms with Gasteiger partial charge in [0.05, 0.1) is 10.7 Å². The van der Waals surface area contributed by atoms with Crippen LogP contribution in [0.25, 0.3) is 0 Å². The molecule has 1 heterocycles. The van der Waals surface area contributed by atoms with Crippen molar-refractivity contribution < 1.29 is 4.79 Å². The molecule has 0 bridgehead atoms. The molecule has 0 aliphatic rings. The Morgan fingerprint density at radius 3 is 2.82 bits per heavy atom. The lowest BCUT2D eigenvalue weighted by Crippen LogP contribution is -2.13. The van der Waals surface area contributed by atoms with Crippen LogP contribution in [0.1, 0.15) is 10.5 Å². The van der Waals surface area contributed by atoms with Crippen molar-refractivity contribution >= 4 is 28.9 Å². The zero-order valence-corrected chi connectivity index (χ0v) is 9.90. The average molecular weight is 251 g/mol. The third-order valence-corrected chi connectivity index (χ3v) is 2.53. The molecule has 0 aliphatic carbocycles. The van der Waals surface area contributed by atoms with Crippen LogP contribution in [-0.2, 0) is 7.05 Å². The van der Waals surface area contributed by atoms with Crippen LogP contribution in [0, 0.1) is 0 Å². The summed E-state index contributed by atoms with van der Waals surface area (Å²) in [5, 5.41) is 7.08. The quantitative estimate of drug-likeness (QED) is 0.800. The number of carbonyl (C=O) groups is 1. The summed E-state index contributed by atoms with van der Waals surface area (Å²) >= 11 is 5.85. The molecule has 88 valence electrons. The third-order valence-electron chi connectivity index (χ3n) is 2.20. The van der Waals surface area contributed by atoms with E-state index in [1.807, 2.05) is 0 Å². The molecule has 2 aromatic rings. The van der Waals surface area contributed by atoms with Crippen LogP contribution in [0.2, 0.25) is 5.02 Å². The van der Waals surface area contributed by atoms with Gasteiger partial charge in [0.25, 0.3) is 5.91 Å². The monoisotopic (exact) mass is 250 g/mol. The average Bonchev–Trinajstić information content (AvgIpc) is 2.70. The minimum absolute atomic E-state index is 0.286. The van der Waals surface area contributed by atoms with Gasteiger partial charge in [-0.25, -0.2) is 0 Å². The molecular formula is C11H11ClN4O. The Hall–Kier alpha value is -2.01. The fourth-order valence-corrected chi connectivity index (χ4v) is 1.52. The standard InChI is InChI=1S/C11H11ClN4O/c1-16-5-4-10(15-16)11(17)14-7-2-3-9(13)8(12)6-7/h2-6H,13H2,1H3,(H,14,17). The van der Waals surface area contributed by atoms with Crippen LogP contribution in [-0.4, -0.2) is 15.7 Å². The second-order valence-electron chi connectivity index (χ2n) is 3.57. The van der Waals surface area contributed by atoms with Gasteiger partial charge < -0.3 is 11.1 Å². The van der Waals surface area contributed by atoms with Gasteiger partial charge in [-0.3, -0.25) is 9.48 Å². The number of nitrogens with two attached hydrogens (primary N) is 1. The number of carbonyl (C=O) groups excluding carboxylic acids is 1. The Kier molecular flexibility index (Phi) is 3.01. The molecule has 0 aliphatic heterocycles. The first-order chi connectivity index (χ1) is 8.06. The topological polar surface area (TPSA) is 72.9 Å². The van der Waals surface area contributed by atoms with E-state index in [0.717, 1.165) is 0 Å². The minimum Gasteiger partial charge on any atom is -0.398 e. The number of aryl methyl sites for hydroxylation is 1. The SMILES string of the molecule is Cn1ccc(C(=O)Nc2ccc(N)c(Cl)c2)n1. The Bertz CT molecular complexity index is 564. The molecule has 0 fully saturated rings. The lowest BCUT2D eigenvalue weighted by atomic mass is 10.2. The van der Waals surface area contributed by atoms with Crippen LogP contribution in [0.4, 0.5) is 11.4 Å². The van der Waals surface area contributed by atoms with Crippen LogP contribution < -0.4 is 11.1 Å². The minimum atomic E-state index is -0.286. The smallest absolute Gasteiger partial charge is 0.276 e. The van der Waals surface area contributed by atoms with Gasteiger partial charge in [0.2, 0.25) is 0 Å². The molecule has 0 radical (unpaired) electrons. The molecule has 6 heteroatoms. The van der Waals surface area contributed by atoms with Gasteiger partial charge in [0.15, 0.2) is 5.69 Å². The summed E-state index contributed by atoms with van der Waals surface area (Å²) in [5.74, 6) is -0.286. The number of benzene rings is 1. The number of amides is 1. The maximum Gasteiger partial charge on any atom is 0.276 e. The van der Waals surface area contributed by atoms with Gasteiger partial charge in [0.1, 0.15) is 0 Å². The summed E-state index contributed by atoms with van der Waals surface area (Å²) in [6.07, 6.45) is 1.70. The lowest BCUT2D eigenvalue weighted by Gasteiger charge is -2.04. The van der Waals surface area contributed by atoms with Crippen molar-refractivity contribution in [2.45, 2.75) is 0 Å². The van der Waals surface area contributed by atoms with Crippen LogP contribution in [0.5, 0.6) is 0 Å². The summed E-state index contributed by atoms with van der Waals surface area (Å²) in [4.78, 5) is 11.8. The van der Waals surface area contributed by atoms with Crippen molar-refractivity contribution in [1.82, 2.24) is 9.78 Å². The lowest BCUT2D eigenvalue weighted by molar-refractivity contribution is 0.102. The van der Waals surface area contributed by atoms with Gasteiger partial charge in [0, 0.05) is 18.9 Å². The highest BCUT2D eigenvalue weighted by atomic mass is 35.5. The Labute approximate surface area is 103 Å². The molecule has 2 rings (SSSR count). The largest absolute Gasteiger partial charge is 0.398 e. The maximum absolute atomic E-state index is 11.8. The molecule has 0 unspecified atom stereocenters. The number of aromatic nitrogens is 2. The van der Waals surface area contributed by atoms with Crippen LogP contribution in [0.15, 0.2) is 30.5 Å². The second-order valence-corrected chi connectivity index (χ2v) is 3.97. The van der Waals surface area contributed by atoms with Crippen molar-refractivity contribution in [3.63, 3.8) is 0 Å². The molecule has 1 aromatic carbocycles. The summed E-state index contributed by atoms with van der Waals surface area (Å²) < 4.78 is 1.56. The highest BCUT2D eigenvalue weighted by Gasteiger charge is 2.09. The number of rotatable bonds is 2. The number of nitrogens with zero attached hydrogens (tertiary/aromatic N) is 2. The fourth-order valence-electron chi connectivity index (χ4n) is 1.34.